The summed E-state index contributed by atoms with van der Waals surface area (Å²) >= 11 is 5.32. The topological polar surface area (TPSA) is 84.5 Å². The lowest BCUT2D eigenvalue weighted by Gasteiger charge is -2.27. The van der Waals surface area contributed by atoms with Gasteiger partial charge in [0.05, 0.1) is 16.7 Å². The normalized spacial score (nSPS) is 14.3. The molecule has 2 aromatic carbocycles. The summed E-state index contributed by atoms with van der Waals surface area (Å²) < 4.78 is 3.54. The molecule has 1 aliphatic rings. The van der Waals surface area contributed by atoms with E-state index in [4.69, 9.17) is 4.98 Å². The number of para-hydroxylation sites is 3. The van der Waals surface area contributed by atoms with E-state index in [9.17, 15) is 9.59 Å². The molecule has 0 atom stereocenters. The van der Waals surface area contributed by atoms with Crippen molar-refractivity contribution in [3.63, 3.8) is 0 Å². The third kappa shape index (κ3) is 3.81. The zero-order valence-corrected chi connectivity index (χ0v) is 18.9. The first-order chi connectivity index (χ1) is 15.1. The van der Waals surface area contributed by atoms with E-state index >= 15 is 0 Å². The molecule has 0 bridgehead atoms. The molecule has 0 unspecified atom stereocenters. The van der Waals surface area contributed by atoms with Gasteiger partial charge in [0.15, 0.2) is 5.82 Å². The van der Waals surface area contributed by atoms with E-state index in [0.717, 1.165) is 34.6 Å². The van der Waals surface area contributed by atoms with E-state index in [1.807, 2.05) is 54.2 Å². The second kappa shape index (κ2) is 8.35. The van der Waals surface area contributed by atoms with E-state index in [0.29, 0.717) is 22.7 Å². The van der Waals surface area contributed by atoms with Gasteiger partial charge in [0, 0.05) is 29.1 Å². The third-order valence-corrected chi connectivity index (χ3v) is 6.77. The largest absolute Gasteiger partial charge is 0.352 e. The van der Waals surface area contributed by atoms with Crippen LogP contribution in [0.1, 0.15) is 0 Å². The molecule has 4 aromatic rings. The zero-order chi connectivity index (χ0) is 21.4. The minimum atomic E-state index is -0.358. The highest BCUT2D eigenvalue weighted by Crippen LogP contribution is 2.25. The van der Waals surface area contributed by atoms with Gasteiger partial charge in [-0.1, -0.05) is 24.3 Å². The minimum absolute atomic E-state index is 0.189. The summed E-state index contributed by atoms with van der Waals surface area (Å²) in [6.45, 7) is 1.50. The molecule has 158 valence electrons. The highest BCUT2D eigenvalue weighted by Gasteiger charge is 2.22. The average Bonchev–Trinajstić information content (AvgIpc) is 3.11. The molecule has 0 radical (unpaired) electrons. The molecule has 1 aliphatic heterocycles. The molecule has 0 aliphatic carbocycles. The van der Waals surface area contributed by atoms with Gasteiger partial charge in [0.2, 0.25) is 11.6 Å². The number of amides is 1. The molecule has 0 spiro atoms. The van der Waals surface area contributed by atoms with Crippen molar-refractivity contribution in [3.8, 4) is 0 Å². The summed E-state index contributed by atoms with van der Waals surface area (Å²) in [5.41, 5.74) is 2.16. The lowest BCUT2D eigenvalue weighted by molar-refractivity contribution is -0.117. The maximum absolute atomic E-state index is 13.3. The molecule has 10 heteroatoms. The first kappa shape index (κ1) is 20.1. The van der Waals surface area contributed by atoms with Crippen LogP contribution in [-0.2, 0) is 11.3 Å². The van der Waals surface area contributed by atoms with Gasteiger partial charge in [0.25, 0.3) is 0 Å². The number of aromatic nitrogens is 4. The third-order valence-electron chi connectivity index (χ3n) is 5.14. The maximum atomic E-state index is 13.3. The Hall–Kier alpha value is -2.85. The van der Waals surface area contributed by atoms with Gasteiger partial charge in [-0.2, -0.15) is 11.8 Å². The van der Waals surface area contributed by atoms with E-state index in [-0.39, 0.29) is 18.1 Å². The van der Waals surface area contributed by atoms with Gasteiger partial charge in [-0.15, -0.1) is 5.10 Å². The molecular weight excluding hydrogens is 480 g/mol. The summed E-state index contributed by atoms with van der Waals surface area (Å²) in [6.07, 6.45) is 0. The zero-order valence-electron chi connectivity index (χ0n) is 16.5. The van der Waals surface area contributed by atoms with Crippen LogP contribution in [0.3, 0.4) is 0 Å². The predicted molar refractivity (Wildman–Crippen MR) is 127 cm³/mol. The number of carbonyl (C=O) groups excluding carboxylic acids is 1. The van der Waals surface area contributed by atoms with Crippen molar-refractivity contribution in [2.24, 2.45) is 0 Å². The number of hydrogen-bond donors (Lipinski definition) is 1. The van der Waals surface area contributed by atoms with Crippen molar-refractivity contribution >= 4 is 61.8 Å². The van der Waals surface area contributed by atoms with Crippen molar-refractivity contribution < 1.29 is 4.79 Å². The first-order valence-corrected chi connectivity index (χ1v) is 11.8. The molecule has 1 saturated heterocycles. The number of benzene rings is 2. The van der Waals surface area contributed by atoms with Crippen molar-refractivity contribution in [1.82, 2.24) is 19.2 Å². The number of anilines is 2. The van der Waals surface area contributed by atoms with Gasteiger partial charge in [-0.25, -0.2) is 18.9 Å². The fourth-order valence-corrected chi connectivity index (χ4v) is 4.95. The van der Waals surface area contributed by atoms with Gasteiger partial charge in [-0.05, 0) is 40.2 Å². The molecule has 1 N–H and O–H groups in total. The highest BCUT2D eigenvalue weighted by molar-refractivity contribution is 9.10. The smallest absolute Gasteiger partial charge is 0.351 e. The summed E-state index contributed by atoms with van der Waals surface area (Å²) in [6, 6.07) is 14.8. The number of fused-ring (bicyclic) bond motifs is 3. The second-order valence-electron chi connectivity index (χ2n) is 7.15. The summed E-state index contributed by atoms with van der Waals surface area (Å²) in [5.74, 6) is 2.35. The lowest BCUT2D eigenvalue weighted by atomic mass is 10.3. The van der Waals surface area contributed by atoms with E-state index in [1.165, 1.54) is 4.68 Å². The molecular formula is C21H19BrN6O2S. The summed E-state index contributed by atoms with van der Waals surface area (Å²) in [4.78, 5) is 32.9. The van der Waals surface area contributed by atoms with Crippen LogP contribution in [0.5, 0.6) is 0 Å². The van der Waals surface area contributed by atoms with Crippen LogP contribution < -0.4 is 15.9 Å². The van der Waals surface area contributed by atoms with Crippen molar-refractivity contribution in [3.05, 3.63) is 63.5 Å². The van der Waals surface area contributed by atoms with Crippen molar-refractivity contribution in [1.29, 1.82) is 0 Å². The Morgan fingerprint density at radius 2 is 1.84 bits per heavy atom. The average molecular weight is 499 g/mol. The molecule has 0 saturated carbocycles. The van der Waals surface area contributed by atoms with Crippen LogP contribution >= 0.6 is 27.7 Å². The number of hydrogen-bond acceptors (Lipinski definition) is 6. The quantitative estimate of drug-likeness (QED) is 0.465. The molecule has 2 aromatic heterocycles. The number of rotatable bonds is 4. The molecule has 5 rings (SSSR count). The standard InChI is InChI=1S/C21H19BrN6O2S/c22-14-5-1-2-6-15(14)23-18(29)13-27-21(30)28-17-8-4-3-7-16(17)24-19(20(28)25-27)26-9-11-31-12-10-26/h1-8H,9-13H2,(H,23,29). The lowest BCUT2D eigenvalue weighted by Crippen LogP contribution is -2.33. The van der Waals surface area contributed by atoms with Crippen LogP contribution in [0.2, 0.25) is 0 Å². The molecule has 3 heterocycles. The molecule has 1 fully saturated rings. The van der Waals surface area contributed by atoms with Crippen LogP contribution in [0.25, 0.3) is 16.7 Å². The fraction of sp³-hybridized carbons (Fsp3) is 0.238. The molecule has 1 amide bonds. The molecule has 8 nitrogen and oxygen atoms in total. The fourth-order valence-electron chi connectivity index (χ4n) is 3.66. The Morgan fingerprint density at radius 1 is 1.10 bits per heavy atom. The number of nitrogens with zero attached hydrogens (tertiary/aromatic N) is 5. The van der Waals surface area contributed by atoms with E-state index in [2.05, 4.69) is 31.2 Å². The Kier molecular flexibility index (Phi) is 5.41. The number of halogens is 1. The van der Waals surface area contributed by atoms with Crippen LogP contribution in [0, 0.1) is 0 Å². The van der Waals surface area contributed by atoms with Crippen LogP contribution in [-0.4, -0.2) is 49.7 Å². The first-order valence-electron chi connectivity index (χ1n) is 9.87. The number of nitrogens with one attached hydrogen (secondary N) is 1. The van der Waals surface area contributed by atoms with E-state index < -0.39 is 0 Å². The Balaban J connectivity index is 1.57. The van der Waals surface area contributed by atoms with E-state index in [1.54, 1.807) is 10.5 Å². The predicted octanol–water partition coefficient (Wildman–Crippen LogP) is 3.00. The van der Waals surface area contributed by atoms with Crippen LogP contribution in [0.4, 0.5) is 11.5 Å². The monoisotopic (exact) mass is 498 g/mol. The van der Waals surface area contributed by atoms with Crippen molar-refractivity contribution in [2.45, 2.75) is 6.54 Å². The Bertz CT molecular complexity index is 1340. The van der Waals surface area contributed by atoms with Crippen LogP contribution in [0.15, 0.2) is 57.8 Å². The number of thioether (sulfide) groups is 1. The minimum Gasteiger partial charge on any atom is -0.352 e. The molecule has 31 heavy (non-hydrogen) atoms. The SMILES string of the molecule is O=C(Cn1nc2c(N3CCSCC3)nc3ccccc3n2c1=O)Nc1ccccc1Br. The Labute approximate surface area is 190 Å². The number of carbonyl (C=O) groups is 1. The summed E-state index contributed by atoms with van der Waals surface area (Å²) in [5, 5.41) is 7.35. The highest BCUT2D eigenvalue weighted by atomic mass is 79.9. The van der Waals surface area contributed by atoms with Gasteiger partial charge in [-0.3, -0.25) is 4.79 Å². The summed E-state index contributed by atoms with van der Waals surface area (Å²) in [7, 11) is 0. The second-order valence-corrected chi connectivity index (χ2v) is 9.23. The maximum Gasteiger partial charge on any atom is 0.351 e. The van der Waals surface area contributed by atoms with Gasteiger partial charge >= 0.3 is 5.69 Å². The Morgan fingerprint density at radius 3 is 2.65 bits per heavy atom. The van der Waals surface area contributed by atoms with Crippen molar-refractivity contribution in [2.75, 3.05) is 34.8 Å². The van der Waals surface area contributed by atoms with Gasteiger partial charge < -0.3 is 10.2 Å². The van der Waals surface area contributed by atoms with Gasteiger partial charge in [0.1, 0.15) is 6.54 Å².